The molecular weight excluding hydrogens is 371 g/mol. The predicted octanol–water partition coefficient (Wildman–Crippen LogP) is 3.24. The fourth-order valence-electron chi connectivity index (χ4n) is 2.87. The Kier molecular flexibility index (Phi) is 4.80. The number of benzene rings is 3. The van der Waals surface area contributed by atoms with Crippen molar-refractivity contribution < 1.29 is 27.5 Å². The molecule has 0 atom stereocenters. The van der Waals surface area contributed by atoms with Gasteiger partial charge < -0.3 is 5.11 Å². The van der Waals surface area contributed by atoms with Gasteiger partial charge in [-0.15, -0.1) is 0 Å². The second-order valence-electron chi connectivity index (χ2n) is 6.21. The Morgan fingerprint density at radius 3 is 2.26 bits per heavy atom. The maximum Gasteiger partial charge on any atom is 0.307 e. The third-order valence-electron chi connectivity index (χ3n) is 4.12. The van der Waals surface area contributed by atoms with Gasteiger partial charge in [0.15, 0.2) is 15.6 Å². The lowest BCUT2D eigenvalue weighted by Crippen LogP contribution is -2.07. The number of rotatable bonds is 5. The first-order valence-corrected chi connectivity index (χ1v) is 9.83. The molecule has 1 N–H and O–H groups in total. The summed E-state index contributed by atoms with van der Waals surface area (Å²) in [5.41, 5.74) is 0.800. The van der Waals surface area contributed by atoms with Gasteiger partial charge in [0.25, 0.3) is 0 Å². The van der Waals surface area contributed by atoms with Crippen molar-refractivity contribution in [2.24, 2.45) is 0 Å². The number of hydrogen-bond acceptors (Lipinski definition) is 4. The lowest BCUT2D eigenvalue weighted by atomic mass is 9.94. The van der Waals surface area contributed by atoms with Gasteiger partial charge in [0, 0.05) is 17.4 Å². The van der Waals surface area contributed by atoms with Crippen LogP contribution in [-0.2, 0) is 21.1 Å². The fraction of sp³-hybridized carbons (Fsp3) is 0.100. The summed E-state index contributed by atoms with van der Waals surface area (Å²) in [4.78, 5) is 24.1. The minimum atomic E-state index is -3.40. The Labute approximate surface area is 155 Å². The number of carboxylic acids is 1. The average Bonchev–Trinajstić information content (AvgIpc) is 2.59. The minimum absolute atomic E-state index is 0.0783. The number of carboxylic acid groups (broad SMARTS) is 1. The van der Waals surface area contributed by atoms with Crippen LogP contribution >= 0.6 is 0 Å². The molecule has 0 heterocycles. The molecule has 0 bridgehead atoms. The minimum Gasteiger partial charge on any atom is -0.481 e. The lowest BCUT2D eigenvalue weighted by Gasteiger charge is -2.10. The number of aliphatic carboxylic acids is 1. The number of sulfone groups is 1. The highest BCUT2D eigenvalue weighted by Gasteiger charge is 2.17. The number of hydrogen-bond donors (Lipinski definition) is 1. The highest BCUT2D eigenvalue weighted by atomic mass is 32.2. The molecule has 0 aliphatic heterocycles. The van der Waals surface area contributed by atoms with E-state index in [2.05, 4.69) is 0 Å². The molecule has 7 heteroatoms. The quantitative estimate of drug-likeness (QED) is 0.680. The molecule has 0 saturated carbocycles. The average molecular weight is 386 g/mol. The molecule has 0 aromatic heterocycles. The molecule has 138 valence electrons. The highest BCUT2D eigenvalue weighted by Crippen LogP contribution is 2.26. The molecule has 0 aliphatic carbocycles. The van der Waals surface area contributed by atoms with Crippen LogP contribution in [-0.4, -0.2) is 31.5 Å². The largest absolute Gasteiger partial charge is 0.481 e. The fourth-order valence-corrected chi connectivity index (χ4v) is 3.50. The van der Waals surface area contributed by atoms with Gasteiger partial charge in [0.1, 0.15) is 5.82 Å². The second kappa shape index (κ2) is 6.92. The van der Waals surface area contributed by atoms with E-state index in [1.165, 1.54) is 48.5 Å². The normalized spacial score (nSPS) is 11.5. The third kappa shape index (κ3) is 4.03. The summed E-state index contributed by atoms with van der Waals surface area (Å²) >= 11 is 0. The van der Waals surface area contributed by atoms with Crippen molar-refractivity contribution in [2.45, 2.75) is 11.3 Å². The van der Waals surface area contributed by atoms with Crippen LogP contribution in [0.5, 0.6) is 0 Å². The van der Waals surface area contributed by atoms with Gasteiger partial charge in [-0.05, 0) is 58.8 Å². The zero-order valence-electron chi connectivity index (χ0n) is 14.3. The monoisotopic (exact) mass is 386 g/mol. The van der Waals surface area contributed by atoms with Gasteiger partial charge in [-0.2, -0.15) is 0 Å². The van der Waals surface area contributed by atoms with Crippen LogP contribution in [0.4, 0.5) is 4.39 Å². The highest BCUT2D eigenvalue weighted by molar-refractivity contribution is 7.90. The molecule has 3 aromatic rings. The van der Waals surface area contributed by atoms with Crippen LogP contribution in [0.2, 0.25) is 0 Å². The predicted molar refractivity (Wildman–Crippen MR) is 98.2 cm³/mol. The lowest BCUT2D eigenvalue weighted by molar-refractivity contribution is -0.136. The van der Waals surface area contributed by atoms with E-state index in [0.717, 1.165) is 6.26 Å². The van der Waals surface area contributed by atoms with E-state index in [1.807, 2.05) is 0 Å². The standard InChI is InChI=1S/C20H15FO5S/c1-27(25,26)16-6-3-13(4-7-16)20(24)18-9-12(10-19(22)23)8-14-2-5-15(21)11-17(14)18/h2-9,11H,10H2,1H3,(H,22,23). The molecule has 0 aliphatic rings. The van der Waals surface area contributed by atoms with Gasteiger partial charge in [-0.25, -0.2) is 12.8 Å². The Morgan fingerprint density at radius 1 is 1.00 bits per heavy atom. The van der Waals surface area contributed by atoms with Crippen molar-refractivity contribution >= 4 is 32.4 Å². The van der Waals surface area contributed by atoms with Gasteiger partial charge in [-0.1, -0.05) is 12.1 Å². The van der Waals surface area contributed by atoms with E-state index in [9.17, 15) is 22.4 Å². The number of fused-ring (bicyclic) bond motifs is 1. The third-order valence-corrected chi connectivity index (χ3v) is 5.25. The maximum absolute atomic E-state index is 13.7. The van der Waals surface area contributed by atoms with E-state index >= 15 is 0 Å². The van der Waals surface area contributed by atoms with Crippen LogP contribution in [0, 0.1) is 5.82 Å². The van der Waals surface area contributed by atoms with Crippen LogP contribution < -0.4 is 0 Å². The van der Waals surface area contributed by atoms with Crippen molar-refractivity contribution in [1.29, 1.82) is 0 Å². The van der Waals surface area contributed by atoms with Crippen molar-refractivity contribution in [3.63, 3.8) is 0 Å². The Hall–Kier alpha value is -3.06. The Morgan fingerprint density at radius 2 is 1.67 bits per heavy atom. The molecule has 0 radical (unpaired) electrons. The zero-order chi connectivity index (χ0) is 19.8. The molecule has 3 aromatic carbocycles. The van der Waals surface area contributed by atoms with Crippen molar-refractivity contribution in [3.05, 3.63) is 77.1 Å². The molecule has 0 fully saturated rings. The summed E-state index contributed by atoms with van der Waals surface area (Å²) in [5.74, 6) is -2.01. The van der Waals surface area contributed by atoms with E-state index in [4.69, 9.17) is 5.11 Å². The SMILES string of the molecule is CS(=O)(=O)c1ccc(C(=O)c2cc(CC(=O)O)cc3ccc(F)cc23)cc1. The maximum atomic E-state index is 13.7. The van der Waals surface area contributed by atoms with E-state index in [-0.39, 0.29) is 22.4 Å². The second-order valence-corrected chi connectivity index (χ2v) is 8.22. The van der Waals surface area contributed by atoms with Crippen LogP contribution in [0.3, 0.4) is 0 Å². The molecule has 0 amide bonds. The van der Waals surface area contributed by atoms with Crippen molar-refractivity contribution in [1.82, 2.24) is 0 Å². The van der Waals surface area contributed by atoms with Gasteiger partial charge in [-0.3, -0.25) is 9.59 Å². The molecular formula is C20H15FO5S. The van der Waals surface area contributed by atoms with Crippen molar-refractivity contribution in [3.8, 4) is 0 Å². The van der Waals surface area contributed by atoms with E-state index < -0.39 is 27.4 Å². The smallest absolute Gasteiger partial charge is 0.307 e. The van der Waals surface area contributed by atoms with Gasteiger partial charge >= 0.3 is 5.97 Å². The number of halogens is 1. The van der Waals surface area contributed by atoms with Crippen LogP contribution in [0.15, 0.2) is 59.5 Å². The summed E-state index contributed by atoms with van der Waals surface area (Å²) in [6.07, 6.45) is 0.788. The number of carbonyl (C=O) groups excluding carboxylic acids is 1. The van der Waals surface area contributed by atoms with Gasteiger partial charge in [0.2, 0.25) is 0 Å². The molecule has 5 nitrogen and oxygen atoms in total. The van der Waals surface area contributed by atoms with Crippen molar-refractivity contribution in [2.75, 3.05) is 6.26 Å². The van der Waals surface area contributed by atoms with E-state index in [1.54, 1.807) is 6.07 Å². The first-order valence-electron chi connectivity index (χ1n) is 7.94. The molecule has 27 heavy (non-hydrogen) atoms. The Balaban J connectivity index is 2.14. The van der Waals surface area contributed by atoms with Crippen LogP contribution in [0.1, 0.15) is 21.5 Å². The zero-order valence-corrected chi connectivity index (χ0v) is 15.1. The summed E-state index contributed by atoms with van der Waals surface area (Å²) in [5, 5.41) is 9.94. The summed E-state index contributed by atoms with van der Waals surface area (Å²) in [6, 6.07) is 12.4. The molecule has 0 unspecified atom stereocenters. The van der Waals surface area contributed by atoms with Gasteiger partial charge in [0.05, 0.1) is 11.3 Å². The number of carbonyl (C=O) groups is 2. The summed E-state index contributed by atoms with van der Waals surface area (Å²) < 4.78 is 36.8. The Bertz CT molecular complexity index is 1160. The topological polar surface area (TPSA) is 88.5 Å². The van der Waals surface area contributed by atoms with Crippen LogP contribution in [0.25, 0.3) is 10.8 Å². The summed E-state index contributed by atoms with van der Waals surface area (Å²) in [6.45, 7) is 0. The molecule has 3 rings (SSSR count). The first kappa shape index (κ1) is 18.7. The van der Waals surface area contributed by atoms with E-state index in [0.29, 0.717) is 16.3 Å². The summed E-state index contributed by atoms with van der Waals surface area (Å²) in [7, 11) is -3.40. The molecule has 0 saturated heterocycles. The molecule has 0 spiro atoms. The number of ketones is 1. The first-order chi connectivity index (χ1) is 12.6.